The van der Waals surface area contributed by atoms with Crippen molar-refractivity contribution in [3.8, 4) is 0 Å². The van der Waals surface area contributed by atoms with Crippen LogP contribution in [0.4, 0.5) is 5.82 Å². The van der Waals surface area contributed by atoms with Gasteiger partial charge in [0.1, 0.15) is 17.3 Å². The Hall–Kier alpha value is -0.870. The van der Waals surface area contributed by atoms with E-state index in [2.05, 4.69) is 9.97 Å². The van der Waals surface area contributed by atoms with Crippen LogP contribution in [0.5, 0.6) is 0 Å². The average molecular weight is 232 g/mol. The summed E-state index contributed by atoms with van der Waals surface area (Å²) in [5.41, 5.74) is 0. The summed E-state index contributed by atoms with van der Waals surface area (Å²) in [4.78, 5) is 20.6. The predicted molar refractivity (Wildman–Crippen MR) is 53.7 cm³/mol. The zero-order chi connectivity index (χ0) is 10.1. The number of rotatable bonds is 1. The zero-order valence-corrected chi connectivity index (χ0v) is 8.66. The topological polar surface area (TPSA) is 46.1 Å². The van der Waals surface area contributed by atoms with Gasteiger partial charge in [-0.15, -0.1) is 11.6 Å². The summed E-state index contributed by atoms with van der Waals surface area (Å²) >= 11 is 11.5. The van der Waals surface area contributed by atoms with Crippen LogP contribution in [-0.2, 0) is 4.79 Å². The van der Waals surface area contributed by atoms with Gasteiger partial charge in [-0.25, -0.2) is 9.97 Å². The third-order valence-corrected chi connectivity index (χ3v) is 2.47. The van der Waals surface area contributed by atoms with Crippen LogP contribution in [0, 0.1) is 0 Å². The number of amides is 1. The fraction of sp³-hybridized carbons (Fsp3) is 0.375. The summed E-state index contributed by atoms with van der Waals surface area (Å²) in [7, 11) is 0. The Morgan fingerprint density at radius 3 is 2.86 bits per heavy atom. The SMILES string of the molecule is O=C1CC(Cl)CN1c1cc(Cl)ncn1. The molecule has 74 valence electrons. The van der Waals surface area contributed by atoms with Crippen LogP contribution < -0.4 is 4.90 Å². The van der Waals surface area contributed by atoms with Gasteiger partial charge in [-0.1, -0.05) is 11.6 Å². The van der Waals surface area contributed by atoms with E-state index in [4.69, 9.17) is 23.2 Å². The summed E-state index contributed by atoms with van der Waals surface area (Å²) in [5.74, 6) is 0.484. The minimum absolute atomic E-state index is 0.0280. The third-order valence-electron chi connectivity index (χ3n) is 1.97. The average Bonchev–Trinajstić information content (AvgIpc) is 2.45. The number of carbonyl (C=O) groups excluding carboxylic acids is 1. The highest BCUT2D eigenvalue weighted by atomic mass is 35.5. The second-order valence-corrected chi connectivity index (χ2v) is 4.01. The molecule has 1 aliphatic heterocycles. The summed E-state index contributed by atoms with van der Waals surface area (Å²) in [6.07, 6.45) is 1.68. The molecule has 14 heavy (non-hydrogen) atoms. The number of halogens is 2. The molecule has 0 N–H and O–H groups in total. The molecular weight excluding hydrogens is 225 g/mol. The number of nitrogens with zero attached hydrogens (tertiary/aromatic N) is 3. The van der Waals surface area contributed by atoms with Gasteiger partial charge in [0.25, 0.3) is 0 Å². The standard InChI is InChI=1S/C8H7Cl2N3O/c9-5-1-8(14)13(3-5)7-2-6(10)11-4-12-7/h2,4-5H,1,3H2. The molecule has 1 aromatic heterocycles. The van der Waals surface area contributed by atoms with Crippen molar-refractivity contribution in [1.29, 1.82) is 0 Å². The molecule has 0 radical (unpaired) electrons. The maximum atomic E-state index is 11.4. The molecule has 1 fully saturated rings. The van der Waals surface area contributed by atoms with Gasteiger partial charge in [0.2, 0.25) is 5.91 Å². The first-order valence-electron chi connectivity index (χ1n) is 4.09. The Bertz CT molecular complexity index is 371. The molecule has 1 atom stereocenters. The molecule has 2 heterocycles. The first-order valence-corrected chi connectivity index (χ1v) is 4.90. The molecule has 1 aromatic rings. The monoisotopic (exact) mass is 231 g/mol. The Labute approximate surface area is 90.9 Å². The highest BCUT2D eigenvalue weighted by Gasteiger charge is 2.29. The highest BCUT2D eigenvalue weighted by Crippen LogP contribution is 2.23. The number of alkyl halides is 1. The summed E-state index contributed by atoms with van der Waals surface area (Å²) in [6, 6.07) is 1.55. The normalized spacial score (nSPS) is 21.7. The van der Waals surface area contributed by atoms with E-state index in [0.717, 1.165) is 0 Å². The minimum Gasteiger partial charge on any atom is -0.295 e. The van der Waals surface area contributed by atoms with Gasteiger partial charge in [0, 0.05) is 19.0 Å². The van der Waals surface area contributed by atoms with Gasteiger partial charge < -0.3 is 0 Å². The van der Waals surface area contributed by atoms with Crippen molar-refractivity contribution in [3.63, 3.8) is 0 Å². The van der Waals surface area contributed by atoms with Crippen molar-refractivity contribution in [2.75, 3.05) is 11.4 Å². The van der Waals surface area contributed by atoms with Crippen molar-refractivity contribution < 1.29 is 4.79 Å². The molecule has 0 saturated carbocycles. The van der Waals surface area contributed by atoms with Gasteiger partial charge in [-0.05, 0) is 0 Å². The van der Waals surface area contributed by atoms with Gasteiger partial charge in [-0.3, -0.25) is 9.69 Å². The molecule has 1 amide bonds. The number of hydrogen-bond acceptors (Lipinski definition) is 3. The van der Waals surface area contributed by atoms with E-state index in [1.807, 2.05) is 0 Å². The summed E-state index contributed by atoms with van der Waals surface area (Å²) in [6.45, 7) is 0.480. The third kappa shape index (κ3) is 1.81. The maximum Gasteiger partial charge on any atom is 0.229 e. The maximum absolute atomic E-state index is 11.4. The molecule has 0 bridgehead atoms. The molecular formula is C8H7Cl2N3O. The van der Waals surface area contributed by atoms with Crippen molar-refractivity contribution in [1.82, 2.24) is 9.97 Å². The highest BCUT2D eigenvalue weighted by molar-refractivity contribution is 6.29. The molecule has 2 rings (SSSR count). The van der Waals surface area contributed by atoms with E-state index in [1.54, 1.807) is 6.07 Å². The fourth-order valence-corrected chi connectivity index (χ4v) is 1.77. The Morgan fingerprint density at radius 2 is 2.29 bits per heavy atom. The number of carbonyl (C=O) groups is 1. The van der Waals surface area contributed by atoms with Crippen LogP contribution in [0.2, 0.25) is 5.15 Å². The van der Waals surface area contributed by atoms with Crippen LogP contribution in [0.3, 0.4) is 0 Å². The van der Waals surface area contributed by atoms with Crippen LogP contribution >= 0.6 is 23.2 Å². The minimum atomic E-state index is -0.142. The Morgan fingerprint density at radius 1 is 1.50 bits per heavy atom. The molecule has 6 heteroatoms. The molecule has 1 unspecified atom stereocenters. The number of aromatic nitrogens is 2. The molecule has 0 spiro atoms. The van der Waals surface area contributed by atoms with Crippen LogP contribution in [0.1, 0.15) is 6.42 Å². The first kappa shape index (κ1) is 9.68. The lowest BCUT2D eigenvalue weighted by Gasteiger charge is -2.13. The molecule has 0 aromatic carbocycles. The zero-order valence-electron chi connectivity index (χ0n) is 7.15. The lowest BCUT2D eigenvalue weighted by atomic mass is 10.4. The smallest absolute Gasteiger partial charge is 0.229 e. The van der Waals surface area contributed by atoms with E-state index in [0.29, 0.717) is 23.9 Å². The van der Waals surface area contributed by atoms with Crippen molar-refractivity contribution in [2.24, 2.45) is 0 Å². The largest absolute Gasteiger partial charge is 0.295 e. The van der Waals surface area contributed by atoms with Gasteiger partial charge >= 0.3 is 0 Å². The van der Waals surface area contributed by atoms with Crippen molar-refractivity contribution in [3.05, 3.63) is 17.5 Å². The van der Waals surface area contributed by atoms with E-state index in [9.17, 15) is 4.79 Å². The Kier molecular flexibility index (Phi) is 2.56. The lowest BCUT2D eigenvalue weighted by Crippen LogP contribution is -2.25. The quantitative estimate of drug-likeness (QED) is 0.544. The molecule has 0 aliphatic carbocycles. The van der Waals surface area contributed by atoms with Crippen molar-refractivity contribution in [2.45, 2.75) is 11.8 Å². The van der Waals surface area contributed by atoms with E-state index in [-0.39, 0.29) is 11.3 Å². The lowest BCUT2D eigenvalue weighted by molar-refractivity contribution is -0.117. The molecule has 1 aliphatic rings. The predicted octanol–water partition coefficient (Wildman–Crippen LogP) is 1.47. The van der Waals surface area contributed by atoms with Crippen LogP contribution in [-0.4, -0.2) is 27.8 Å². The van der Waals surface area contributed by atoms with Gasteiger partial charge in [0.15, 0.2) is 0 Å². The first-order chi connectivity index (χ1) is 6.66. The van der Waals surface area contributed by atoms with Gasteiger partial charge in [-0.2, -0.15) is 0 Å². The van der Waals surface area contributed by atoms with Crippen LogP contribution in [0.15, 0.2) is 12.4 Å². The second-order valence-electron chi connectivity index (χ2n) is 3.00. The van der Waals surface area contributed by atoms with E-state index >= 15 is 0 Å². The van der Waals surface area contributed by atoms with E-state index < -0.39 is 0 Å². The second kappa shape index (κ2) is 3.71. The number of hydrogen-bond donors (Lipinski definition) is 0. The van der Waals surface area contributed by atoms with Crippen LogP contribution in [0.25, 0.3) is 0 Å². The molecule has 4 nitrogen and oxygen atoms in total. The van der Waals surface area contributed by atoms with E-state index in [1.165, 1.54) is 11.2 Å². The number of anilines is 1. The molecule has 1 saturated heterocycles. The van der Waals surface area contributed by atoms with Crippen molar-refractivity contribution >= 4 is 34.9 Å². The fourth-order valence-electron chi connectivity index (χ4n) is 1.36. The van der Waals surface area contributed by atoms with Gasteiger partial charge in [0.05, 0.1) is 5.38 Å². The summed E-state index contributed by atoms with van der Waals surface area (Å²) < 4.78 is 0. The Balaban J connectivity index is 2.27. The summed E-state index contributed by atoms with van der Waals surface area (Å²) in [5, 5.41) is 0.178.